The first-order valence-corrected chi connectivity index (χ1v) is 2.85. The van der Waals surface area contributed by atoms with Gasteiger partial charge in [-0.3, -0.25) is 0 Å². The Bertz CT molecular complexity index is 355. The third-order valence-corrected chi connectivity index (χ3v) is 1.30. The molecule has 4 heteroatoms. The monoisotopic (exact) mass is 135 g/mol. The van der Waals surface area contributed by atoms with Crippen LogP contribution in [0.3, 0.4) is 0 Å². The maximum Gasteiger partial charge on any atom is 0.231 e. The van der Waals surface area contributed by atoms with Gasteiger partial charge in [-0.05, 0) is 0 Å². The normalized spacial score (nSPS) is 10.4. The highest BCUT2D eigenvalue weighted by Crippen LogP contribution is 2.12. The predicted molar refractivity (Wildman–Crippen MR) is 35.6 cm³/mol. The van der Waals surface area contributed by atoms with Crippen LogP contribution in [0.25, 0.3) is 10.9 Å². The Balaban J connectivity index is 2.86. The van der Waals surface area contributed by atoms with Gasteiger partial charge in [0.2, 0.25) is 5.88 Å². The summed E-state index contributed by atoms with van der Waals surface area (Å²) in [5.41, 5.74) is 0.762. The summed E-state index contributed by atoms with van der Waals surface area (Å²) in [6.45, 7) is 0. The van der Waals surface area contributed by atoms with Gasteiger partial charge in [0, 0.05) is 23.8 Å². The maximum absolute atomic E-state index is 8.86. The quantitative estimate of drug-likeness (QED) is 0.557. The SMILES string of the molecule is Oc1cc2c[nH]cc2nn1. The van der Waals surface area contributed by atoms with Crippen molar-refractivity contribution in [2.24, 2.45) is 0 Å². The molecule has 0 fully saturated rings. The molecule has 2 rings (SSSR count). The highest BCUT2D eigenvalue weighted by Gasteiger charge is 1.95. The molecule has 0 spiro atoms. The highest BCUT2D eigenvalue weighted by atomic mass is 16.3. The summed E-state index contributed by atoms with van der Waals surface area (Å²) in [6, 6.07) is 1.55. The predicted octanol–water partition coefficient (Wildman–Crippen LogP) is 0.663. The molecule has 0 aromatic carbocycles. The summed E-state index contributed by atoms with van der Waals surface area (Å²) in [6.07, 6.45) is 3.48. The number of nitrogens with one attached hydrogen (secondary N) is 1. The van der Waals surface area contributed by atoms with Crippen LogP contribution >= 0.6 is 0 Å². The van der Waals surface area contributed by atoms with E-state index >= 15 is 0 Å². The summed E-state index contributed by atoms with van der Waals surface area (Å²) in [4.78, 5) is 2.85. The lowest BCUT2D eigenvalue weighted by Crippen LogP contribution is -1.78. The van der Waals surface area contributed by atoms with Gasteiger partial charge in [-0.25, -0.2) is 0 Å². The third kappa shape index (κ3) is 0.621. The number of nitrogens with zero attached hydrogens (tertiary/aromatic N) is 2. The standard InChI is InChI=1S/C6H5N3O/c10-6-1-4-2-7-3-5(4)8-9-6/h1-3,7,10H. The molecule has 4 nitrogen and oxygen atoms in total. The number of H-pyrrole nitrogens is 1. The molecule has 0 aliphatic carbocycles. The number of rotatable bonds is 0. The van der Waals surface area contributed by atoms with E-state index in [-0.39, 0.29) is 5.88 Å². The van der Waals surface area contributed by atoms with Crippen LogP contribution in [0.4, 0.5) is 0 Å². The summed E-state index contributed by atoms with van der Waals surface area (Å²) < 4.78 is 0. The molecule has 10 heavy (non-hydrogen) atoms. The van der Waals surface area contributed by atoms with Crippen LogP contribution in [0, 0.1) is 0 Å². The molecule has 0 bridgehead atoms. The van der Waals surface area contributed by atoms with Gasteiger partial charge in [0.15, 0.2) is 0 Å². The number of aromatic amines is 1. The molecule has 0 saturated carbocycles. The Labute approximate surface area is 56.5 Å². The molecule has 0 saturated heterocycles. The zero-order valence-corrected chi connectivity index (χ0v) is 5.07. The second-order valence-corrected chi connectivity index (χ2v) is 2.00. The fourth-order valence-corrected chi connectivity index (χ4v) is 0.843. The van der Waals surface area contributed by atoms with Crippen molar-refractivity contribution in [3.05, 3.63) is 18.5 Å². The van der Waals surface area contributed by atoms with E-state index in [0.29, 0.717) is 0 Å². The van der Waals surface area contributed by atoms with Crippen molar-refractivity contribution in [2.45, 2.75) is 0 Å². The molecule has 2 aromatic rings. The van der Waals surface area contributed by atoms with Gasteiger partial charge in [0.25, 0.3) is 0 Å². The van der Waals surface area contributed by atoms with Crippen molar-refractivity contribution in [3.8, 4) is 5.88 Å². The topological polar surface area (TPSA) is 61.8 Å². The molecule has 0 unspecified atom stereocenters. The van der Waals surface area contributed by atoms with Crippen molar-refractivity contribution in [1.82, 2.24) is 15.2 Å². The second kappa shape index (κ2) is 1.70. The Morgan fingerprint density at radius 2 is 2.20 bits per heavy atom. The lowest BCUT2D eigenvalue weighted by Gasteiger charge is -1.86. The minimum Gasteiger partial charge on any atom is -0.492 e. The van der Waals surface area contributed by atoms with E-state index in [9.17, 15) is 0 Å². The minimum atomic E-state index is -0.0490. The van der Waals surface area contributed by atoms with Gasteiger partial charge >= 0.3 is 0 Å². The molecule has 0 atom stereocenters. The second-order valence-electron chi connectivity index (χ2n) is 2.00. The van der Waals surface area contributed by atoms with E-state index in [0.717, 1.165) is 10.9 Å². The van der Waals surface area contributed by atoms with E-state index in [1.807, 2.05) is 0 Å². The molecule has 0 aliphatic rings. The summed E-state index contributed by atoms with van der Waals surface area (Å²) >= 11 is 0. The molecule has 2 N–H and O–H groups in total. The van der Waals surface area contributed by atoms with Crippen molar-refractivity contribution in [1.29, 1.82) is 0 Å². The number of fused-ring (bicyclic) bond motifs is 1. The van der Waals surface area contributed by atoms with Gasteiger partial charge in [-0.2, -0.15) is 0 Å². The fourth-order valence-electron chi connectivity index (χ4n) is 0.843. The van der Waals surface area contributed by atoms with E-state index in [1.165, 1.54) is 0 Å². The lowest BCUT2D eigenvalue weighted by molar-refractivity contribution is 0.447. The molecule has 50 valence electrons. The molecule has 0 amide bonds. The lowest BCUT2D eigenvalue weighted by atomic mass is 10.4. The van der Waals surface area contributed by atoms with Crippen molar-refractivity contribution in [2.75, 3.05) is 0 Å². The zero-order valence-electron chi connectivity index (χ0n) is 5.07. The Kier molecular flexibility index (Phi) is 0.887. The van der Waals surface area contributed by atoms with E-state index in [4.69, 9.17) is 5.11 Å². The van der Waals surface area contributed by atoms with Crippen LogP contribution < -0.4 is 0 Å². The first-order chi connectivity index (χ1) is 4.86. The van der Waals surface area contributed by atoms with Gasteiger partial charge in [-0.15, -0.1) is 10.2 Å². The molecule has 2 heterocycles. The maximum atomic E-state index is 8.86. The highest BCUT2D eigenvalue weighted by molar-refractivity contribution is 5.77. The molecular formula is C6H5N3O. The van der Waals surface area contributed by atoms with E-state index in [2.05, 4.69) is 15.2 Å². The summed E-state index contributed by atoms with van der Waals surface area (Å²) in [5.74, 6) is -0.0490. The number of aromatic nitrogens is 3. The summed E-state index contributed by atoms with van der Waals surface area (Å²) in [5, 5.41) is 16.9. The van der Waals surface area contributed by atoms with Gasteiger partial charge < -0.3 is 10.1 Å². The van der Waals surface area contributed by atoms with E-state index < -0.39 is 0 Å². The third-order valence-electron chi connectivity index (χ3n) is 1.30. The number of hydrogen-bond donors (Lipinski definition) is 2. The first kappa shape index (κ1) is 5.22. The molecule has 0 radical (unpaired) electrons. The molecular weight excluding hydrogens is 130 g/mol. The Morgan fingerprint density at radius 3 is 3.10 bits per heavy atom. The fraction of sp³-hybridized carbons (Fsp3) is 0. The van der Waals surface area contributed by atoms with Crippen LogP contribution in [0.15, 0.2) is 18.5 Å². The van der Waals surface area contributed by atoms with Crippen molar-refractivity contribution < 1.29 is 5.11 Å². The smallest absolute Gasteiger partial charge is 0.231 e. The van der Waals surface area contributed by atoms with Crippen LogP contribution in [0.1, 0.15) is 0 Å². The Morgan fingerprint density at radius 1 is 1.30 bits per heavy atom. The zero-order chi connectivity index (χ0) is 6.97. The largest absolute Gasteiger partial charge is 0.492 e. The van der Waals surface area contributed by atoms with Gasteiger partial charge in [0.05, 0.1) is 0 Å². The van der Waals surface area contributed by atoms with Crippen LogP contribution in [-0.2, 0) is 0 Å². The van der Waals surface area contributed by atoms with Crippen LogP contribution in [0.5, 0.6) is 5.88 Å². The Hall–Kier alpha value is -1.58. The summed E-state index contributed by atoms with van der Waals surface area (Å²) in [7, 11) is 0. The van der Waals surface area contributed by atoms with Gasteiger partial charge in [0.1, 0.15) is 5.52 Å². The molecule has 0 aliphatic heterocycles. The van der Waals surface area contributed by atoms with Crippen LogP contribution in [0.2, 0.25) is 0 Å². The number of hydrogen-bond acceptors (Lipinski definition) is 3. The molecule has 2 aromatic heterocycles. The van der Waals surface area contributed by atoms with Crippen molar-refractivity contribution in [3.63, 3.8) is 0 Å². The minimum absolute atomic E-state index is 0.0490. The first-order valence-electron chi connectivity index (χ1n) is 2.85. The van der Waals surface area contributed by atoms with Crippen molar-refractivity contribution >= 4 is 10.9 Å². The van der Waals surface area contributed by atoms with E-state index in [1.54, 1.807) is 18.5 Å². The number of aromatic hydroxyl groups is 1. The average Bonchev–Trinajstić information content (AvgIpc) is 2.33. The van der Waals surface area contributed by atoms with Gasteiger partial charge in [-0.1, -0.05) is 0 Å². The van der Waals surface area contributed by atoms with Crippen LogP contribution in [-0.4, -0.2) is 20.3 Å². The average molecular weight is 135 g/mol.